The van der Waals surface area contributed by atoms with Crippen LogP contribution in [0.4, 0.5) is 0 Å². The van der Waals surface area contributed by atoms with Crippen molar-refractivity contribution in [2.75, 3.05) is 6.61 Å². The van der Waals surface area contributed by atoms with Crippen LogP contribution >= 0.6 is 0 Å². The molecule has 0 spiro atoms. The Labute approximate surface area is 83.9 Å². The van der Waals surface area contributed by atoms with Gasteiger partial charge in [0.15, 0.2) is 0 Å². The van der Waals surface area contributed by atoms with Gasteiger partial charge in [-0.2, -0.15) is 0 Å². The van der Waals surface area contributed by atoms with Gasteiger partial charge in [-0.15, -0.1) is 0 Å². The third-order valence-corrected chi connectivity index (χ3v) is 2.07. The second-order valence-electron chi connectivity index (χ2n) is 3.17. The second-order valence-corrected chi connectivity index (χ2v) is 3.17. The zero-order valence-corrected chi connectivity index (χ0v) is 8.23. The van der Waals surface area contributed by atoms with Gasteiger partial charge in [-0.1, -0.05) is 29.8 Å². The number of aryl methyl sites for hydroxylation is 1. The third kappa shape index (κ3) is 2.82. The summed E-state index contributed by atoms with van der Waals surface area (Å²) < 4.78 is 0. The molecule has 0 amide bonds. The van der Waals surface area contributed by atoms with Crippen LogP contribution in [-0.2, 0) is 4.79 Å². The minimum absolute atomic E-state index is 0.0630. The molecule has 2 heteroatoms. The van der Waals surface area contributed by atoms with Crippen LogP contribution in [0.3, 0.4) is 0 Å². The first-order chi connectivity index (χ1) is 6.77. The van der Waals surface area contributed by atoms with Gasteiger partial charge in [0.25, 0.3) is 0 Å². The highest BCUT2D eigenvalue weighted by molar-refractivity contribution is 5.81. The largest absolute Gasteiger partial charge is 0.396 e. The summed E-state index contributed by atoms with van der Waals surface area (Å²) in [7, 11) is 0. The molecule has 0 bridgehead atoms. The number of carbonyl (C=O) groups excluding carboxylic acids is 1. The van der Waals surface area contributed by atoms with Gasteiger partial charge >= 0.3 is 0 Å². The molecule has 0 heterocycles. The third-order valence-electron chi connectivity index (χ3n) is 2.07. The lowest BCUT2D eigenvalue weighted by atomic mass is 10.0. The Hall–Kier alpha value is -1.41. The first-order valence-corrected chi connectivity index (χ1v) is 4.60. The van der Waals surface area contributed by atoms with Crippen molar-refractivity contribution in [1.82, 2.24) is 0 Å². The van der Waals surface area contributed by atoms with E-state index in [-0.39, 0.29) is 6.61 Å². The van der Waals surface area contributed by atoms with E-state index in [2.05, 4.69) is 0 Å². The predicted octanol–water partition coefficient (Wildman–Crippen LogP) is 1.96. The minimum atomic E-state index is 0.0630. The number of hydrogen-bond acceptors (Lipinski definition) is 2. The molecule has 1 N–H and O–H groups in total. The van der Waals surface area contributed by atoms with Gasteiger partial charge in [0, 0.05) is 6.61 Å². The first kappa shape index (κ1) is 10.7. The normalized spacial score (nSPS) is 11.4. The van der Waals surface area contributed by atoms with Crippen LogP contribution in [0.15, 0.2) is 30.3 Å². The number of carbonyl (C=O) groups is 1. The molecule has 0 radical (unpaired) electrons. The summed E-state index contributed by atoms with van der Waals surface area (Å²) in [5, 5.41) is 8.82. The minimum Gasteiger partial charge on any atom is -0.396 e. The van der Waals surface area contributed by atoms with Crippen LogP contribution in [-0.4, -0.2) is 18.0 Å². The highest BCUT2D eigenvalue weighted by Gasteiger charge is 1.99. The predicted molar refractivity (Wildman–Crippen MR) is 56.9 cm³/mol. The summed E-state index contributed by atoms with van der Waals surface area (Å²) in [5.74, 6) is 0. The molecule has 2 nitrogen and oxygen atoms in total. The molecule has 0 atom stereocenters. The fourth-order valence-corrected chi connectivity index (χ4v) is 1.29. The lowest BCUT2D eigenvalue weighted by Crippen LogP contribution is -1.90. The van der Waals surface area contributed by atoms with Gasteiger partial charge in [0.05, 0.1) is 0 Å². The molecule has 0 fully saturated rings. The Morgan fingerprint density at radius 3 is 2.50 bits per heavy atom. The highest BCUT2D eigenvalue weighted by atomic mass is 16.3. The summed E-state index contributed by atoms with van der Waals surface area (Å²) >= 11 is 0. The van der Waals surface area contributed by atoms with Gasteiger partial charge in [0.1, 0.15) is 6.29 Å². The average molecular weight is 190 g/mol. The maximum Gasteiger partial charge on any atom is 0.143 e. The monoisotopic (exact) mass is 190 g/mol. The van der Waals surface area contributed by atoms with E-state index in [0.29, 0.717) is 6.42 Å². The fraction of sp³-hybridized carbons (Fsp3) is 0.250. The zero-order valence-electron chi connectivity index (χ0n) is 8.23. The number of aliphatic hydroxyl groups is 1. The van der Waals surface area contributed by atoms with E-state index in [1.54, 1.807) is 0 Å². The first-order valence-electron chi connectivity index (χ1n) is 4.60. The molecule has 74 valence electrons. The van der Waals surface area contributed by atoms with Crippen LogP contribution in [0.25, 0.3) is 5.57 Å². The number of hydrogen-bond donors (Lipinski definition) is 1. The van der Waals surface area contributed by atoms with E-state index in [4.69, 9.17) is 5.11 Å². The summed E-state index contributed by atoms with van der Waals surface area (Å²) in [6.45, 7) is 2.08. The lowest BCUT2D eigenvalue weighted by molar-refractivity contribution is -0.104. The van der Waals surface area contributed by atoms with Crippen molar-refractivity contribution >= 4 is 11.9 Å². The molecule has 0 saturated carbocycles. The molecule has 1 rings (SSSR count). The second kappa shape index (κ2) is 5.35. The molecule has 1 aromatic carbocycles. The maximum atomic E-state index is 10.4. The lowest BCUT2D eigenvalue weighted by Gasteiger charge is -2.04. The maximum absolute atomic E-state index is 10.4. The smallest absolute Gasteiger partial charge is 0.143 e. The Morgan fingerprint density at radius 2 is 2.00 bits per heavy atom. The number of allylic oxidation sites excluding steroid dienone is 1. The number of rotatable bonds is 4. The van der Waals surface area contributed by atoms with Gasteiger partial charge in [-0.3, -0.25) is 4.79 Å². The molecule has 1 aromatic rings. The van der Waals surface area contributed by atoms with Crippen molar-refractivity contribution < 1.29 is 9.90 Å². The quantitative estimate of drug-likeness (QED) is 0.582. The van der Waals surface area contributed by atoms with Gasteiger partial charge in [-0.05, 0) is 30.6 Å². The van der Waals surface area contributed by atoms with Crippen molar-refractivity contribution in [1.29, 1.82) is 0 Å². The number of aliphatic hydroxyl groups excluding tert-OH is 1. The van der Waals surface area contributed by atoms with E-state index in [9.17, 15) is 4.79 Å². The molecule has 0 aliphatic heterocycles. The van der Waals surface area contributed by atoms with Crippen LogP contribution in [0.2, 0.25) is 0 Å². The number of benzene rings is 1. The van der Waals surface area contributed by atoms with Crippen molar-refractivity contribution in [2.45, 2.75) is 13.3 Å². The van der Waals surface area contributed by atoms with Crippen molar-refractivity contribution in [3.05, 3.63) is 41.5 Å². The SMILES string of the molecule is Cc1ccc(C(=CC=O)CCO)cc1. The molecule has 0 saturated heterocycles. The van der Waals surface area contributed by atoms with Crippen LogP contribution in [0.5, 0.6) is 0 Å². The molecule has 0 aromatic heterocycles. The molecular formula is C12H14O2. The topological polar surface area (TPSA) is 37.3 Å². The molecule has 0 aliphatic carbocycles. The van der Waals surface area contributed by atoms with E-state index in [1.165, 1.54) is 11.6 Å². The van der Waals surface area contributed by atoms with Crippen LogP contribution < -0.4 is 0 Å². The summed E-state index contributed by atoms with van der Waals surface area (Å²) in [5.41, 5.74) is 3.06. The molecular weight excluding hydrogens is 176 g/mol. The molecule has 0 aliphatic rings. The summed E-state index contributed by atoms with van der Waals surface area (Å²) in [4.78, 5) is 10.4. The molecule has 14 heavy (non-hydrogen) atoms. The fourth-order valence-electron chi connectivity index (χ4n) is 1.29. The highest BCUT2D eigenvalue weighted by Crippen LogP contribution is 2.17. The molecule has 0 unspecified atom stereocenters. The van der Waals surface area contributed by atoms with Gasteiger partial charge in [-0.25, -0.2) is 0 Å². The Morgan fingerprint density at radius 1 is 1.36 bits per heavy atom. The summed E-state index contributed by atoms with van der Waals surface area (Å²) in [6.07, 6.45) is 2.77. The Bertz CT molecular complexity index is 323. The Kier molecular flexibility index (Phi) is 4.08. The van der Waals surface area contributed by atoms with Gasteiger partial charge in [0.2, 0.25) is 0 Å². The van der Waals surface area contributed by atoms with Crippen LogP contribution in [0, 0.1) is 6.92 Å². The standard InChI is InChI=1S/C12H14O2/c1-10-2-4-11(5-3-10)12(6-8-13)7-9-14/h2-6,8,14H,7,9H2,1H3. The summed E-state index contributed by atoms with van der Waals surface area (Å²) in [6, 6.07) is 7.90. The van der Waals surface area contributed by atoms with Crippen molar-refractivity contribution in [3.8, 4) is 0 Å². The number of aldehydes is 1. The van der Waals surface area contributed by atoms with E-state index < -0.39 is 0 Å². The van der Waals surface area contributed by atoms with E-state index in [1.807, 2.05) is 31.2 Å². The average Bonchev–Trinajstić information content (AvgIpc) is 2.19. The van der Waals surface area contributed by atoms with E-state index >= 15 is 0 Å². The van der Waals surface area contributed by atoms with Crippen LogP contribution in [0.1, 0.15) is 17.5 Å². The van der Waals surface area contributed by atoms with Crippen molar-refractivity contribution in [2.24, 2.45) is 0 Å². The zero-order chi connectivity index (χ0) is 10.4. The van der Waals surface area contributed by atoms with E-state index in [0.717, 1.165) is 17.4 Å². The van der Waals surface area contributed by atoms with Gasteiger partial charge < -0.3 is 5.11 Å². The van der Waals surface area contributed by atoms with Crippen molar-refractivity contribution in [3.63, 3.8) is 0 Å². The Balaban J connectivity index is 2.93.